The molecule has 0 radical (unpaired) electrons. The van der Waals surface area contributed by atoms with Gasteiger partial charge in [0.1, 0.15) is 0 Å². The van der Waals surface area contributed by atoms with Crippen LogP contribution in [0.4, 0.5) is 5.69 Å². The maximum absolute atomic E-state index is 11.9. The van der Waals surface area contributed by atoms with E-state index in [2.05, 4.69) is 15.6 Å². The second kappa shape index (κ2) is 7.81. The fraction of sp³-hybridized carbons (Fsp3) is 0.500. The Hall–Kier alpha value is -1.43. The van der Waals surface area contributed by atoms with Crippen molar-refractivity contribution in [2.45, 2.75) is 13.8 Å². The van der Waals surface area contributed by atoms with Gasteiger partial charge in [0, 0.05) is 41.6 Å². The summed E-state index contributed by atoms with van der Waals surface area (Å²) in [4.78, 5) is 15.9. The number of pyridine rings is 1. The van der Waals surface area contributed by atoms with Gasteiger partial charge >= 0.3 is 0 Å². The van der Waals surface area contributed by atoms with Gasteiger partial charge in [-0.25, -0.2) is 0 Å². The van der Waals surface area contributed by atoms with E-state index in [9.17, 15) is 9.00 Å². The molecule has 100 valence electrons. The normalized spacial score (nSPS) is 11.9. The molecule has 0 saturated carbocycles. The molecule has 0 saturated heterocycles. The summed E-state index contributed by atoms with van der Waals surface area (Å²) in [6.07, 6.45) is 3.21. The summed E-state index contributed by atoms with van der Waals surface area (Å²) < 4.78 is 11.2. The number of aromatic nitrogens is 1. The van der Waals surface area contributed by atoms with Gasteiger partial charge in [-0.15, -0.1) is 0 Å². The first kappa shape index (κ1) is 14.6. The number of nitrogens with one attached hydrogen (secondary N) is 2. The first-order chi connectivity index (χ1) is 8.69. The van der Waals surface area contributed by atoms with E-state index in [4.69, 9.17) is 0 Å². The van der Waals surface area contributed by atoms with Gasteiger partial charge in [-0.05, 0) is 13.0 Å². The Bertz CT molecular complexity index is 424. The van der Waals surface area contributed by atoms with Gasteiger partial charge < -0.3 is 10.6 Å². The predicted molar refractivity (Wildman–Crippen MR) is 74.3 cm³/mol. The van der Waals surface area contributed by atoms with E-state index in [-0.39, 0.29) is 5.91 Å². The van der Waals surface area contributed by atoms with E-state index in [0.717, 1.165) is 6.54 Å². The van der Waals surface area contributed by atoms with Gasteiger partial charge in [0.2, 0.25) is 0 Å². The summed E-state index contributed by atoms with van der Waals surface area (Å²) >= 11 is 0. The number of nitrogens with zero attached hydrogens (tertiary/aromatic N) is 1. The van der Waals surface area contributed by atoms with E-state index < -0.39 is 10.8 Å². The number of anilines is 1. The molecule has 0 aliphatic heterocycles. The Balaban J connectivity index is 2.58. The van der Waals surface area contributed by atoms with Crippen LogP contribution in [0.15, 0.2) is 18.5 Å². The molecule has 0 aliphatic carbocycles. The van der Waals surface area contributed by atoms with Gasteiger partial charge in [-0.3, -0.25) is 14.0 Å². The van der Waals surface area contributed by atoms with Crippen molar-refractivity contribution in [1.82, 2.24) is 10.3 Å². The highest BCUT2D eigenvalue weighted by atomic mass is 32.2. The first-order valence-corrected chi connectivity index (χ1v) is 7.48. The Morgan fingerprint density at radius 2 is 2.22 bits per heavy atom. The third-order valence-corrected chi connectivity index (χ3v) is 3.67. The smallest absolute Gasteiger partial charge is 0.253 e. The summed E-state index contributed by atoms with van der Waals surface area (Å²) in [6, 6.07) is 1.67. The quantitative estimate of drug-likeness (QED) is 0.775. The summed E-state index contributed by atoms with van der Waals surface area (Å²) in [5.41, 5.74) is 1.28. The lowest BCUT2D eigenvalue weighted by Gasteiger charge is -2.10. The minimum Gasteiger partial charge on any atom is -0.383 e. The van der Waals surface area contributed by atoms with Crippen molar-refractivity contribution >= 4 is 22.4 Å². The Labute approximate surface area is 110 Å². The van der Waals surface area contributed by atoms with Crippen LogP contribution in [0.3, 0.4) is 0 Å². The number of carbonyl (C=O) groups is 1. The van der Waals surface area contributed by atoms with Crippen LogP contribution in [-0.2, 0) is 10.8 Å². The van der Waals surface area contributed by atoms with Gasteiger partial charge in [-0.1, -0.05) is 6.92 Å². The van der Waals surface area contributed by atoms with Crippen LogP contribution in [0, 0.1) is 0 Å². The number of hydrogen-bond donors (Lipinski definition) is 2. The molecule has 0 aliphatic rings. The average molecular weight is 269 g/mol. The molecule has 1 unspecified atom stereocenters. The van der Waals surface area contributed by atoms with Crippen molar-refractivity contribution < 1.29 is 9.00 Å². The van der Waals surface area contributed by atoms with Gasteiger partial charge in [0.05, 0.1) is 17.4 Å². The van der Waals surface area contributed by atoms with Crippen molar-refractivity contribution in [3.8, 4) is 0 Å². The number of hydrogen-bond acceptors (Lipinski definition) is 4. The van der Waals surface area contributed by atoms with E-state index in [1.165, 1.54) is 0 Å². The van der Waals surface area contributed by atoms with Crippen molar-refractivity contribution in [3.63, 3.8) is 0 Å². The molecule has 1 atom stereocenters. The fourth-order valence-electron chi connectivity index (χ4n) is 1.44. The second-order valence-corrected chi connectivity index (χ2v) is 5.51. The number of carbonyl (C=O) groups excluding carboxylic acids is 1. The summed E-state index contributed by atoms with van der Waals surface area (Å²) in [5.74, 6) is 0.943. The standard InChI is InChI=1S/C12H19N3O2S/c1-3-14-11-9-13-6-5-10(11)12(16)15-7-8-18(17)4-2/h5-6,9,14H,3-4,7-8H2,1-2H3,(H,15,16). The van der Waals surface area contributed by atoms with Gasteiger partial charge in [-0.2, -0.15) is 0 Å². The minimum absolute atomic E-state index is 0.165. The zero-order valence-electron chi connectivity index (χ0n) is 10.7. The molecule has 0 fully saturated rings. The van der Waals surface area contributed by atoms with Crippen LogP contribution >= 0.6 is 0 Å². The minimum atomic E-state index is -0.851. The van der Waals surface area contributed by atoms with Crippen molar-refractivity contribution in [3.05, 3.63) is 24.0 Å². The Kier molecular flexibility index (Phi) is 6.35. The first-order valence-electron chi connectivity index (χ1n) is 6.00. The van der Waals surface area contributed by atoms with Crippen LogP contribution in [0.25, 0.3) is 0 Å². The molecule has 0 aromatic carbocycles. The molecule has 6 heteroatoms. The molecular weight excluding hydrogens is 250 g/mol. The SMILES string of the molecule is CCNc1cnccc1C(=O)NCCS(=O)CC. The molecule has 1 heterocycles. The van der Waals surface area contributed by atoms with Crippen LogP contribution in [0.1, 0.15) is 24.2 Å². The molecule has 5 nitrogen and oxygen atoms in total. The highest BCUT2D eigenvalue weighted by Gasteiger charge is 2.10. The highest BCUT2D eigenvalue weighted by molar-refractivity contribution is 7.84. The summed E-state index contributed by atoms with van der Waals surface area (Å²) in [7, 11) is -0.851. The zero-order valence-corrected chi connectivity index (χ0v) is 11.5. The van der Waals surface area contributed by atoms with E-state index in [1.54, 1.807) is 18.5 Å². The molecular formula is C12H19N3O2S. The largest absolute Gasteiger partial charge is 0.383 e. The average Bonchev–Trinajstić information content (AvgIpc) is 2.39. The molecule has 1 rings (SSSR count). The van der Waals surface area contributed by atoms with Crippen LogP contribution in [0.5, 0.6) is 0 Å². The van der Waals surface area contributed by atoms with Crippen LogP contribution in [-0.4, -0.2) is 39.7 Å². The Morgan fingerprint density at radius 1 is 1.44 bits per heavy atom. The summed E-state index contributed by atoms with van der Waals surface area (Å²) in [5, 5.41) is 5.85. The van der Waals surface area contributed by atoms with E-state index in [0.29, 0.717) is 29.3 Å². The highest BCUT2D eigenvalue weighted by Crippen LogP contribution is 2.12. The third-order valence-electron chi connectivity index (χ3n) is 2.37. The molecule has 1 aromatic rings. The van der Waals surface area contributed by atoms with Crippen molar-refractivity contribution in [1.29, 1.82) is 0 Å². The van der Waals surface area contributed by atoms with Crippen LogP contribution in [0.2, 0.25) is 0 Å². The topological polar surface area (TPSA) is 71.1 Å². The lowest BCUT2D eigenvalue weighted by molar-refractivity contribution is 0.0957. The lowest BCUT2D eigenvalue weighted by Crippen LogP contribution is -2.28. The van der Waals surface area contributed by atoms with E-state index in [1.807, 2.05) is 13.8 Å². The molecule has 0 spiro atoms. The third kappa shape index (κ3) is 4.44. The van der Waals surface area contributed by atoms with E-state index >= 15 is 0 Å². The zero-order chi connectivity index (χ0) is 13.4. The molecule has 1 aromatic heterocycles. The van der Waals surface area contributed by atoms with Crippen molar-refractivity contribution in [2.24, 2.45) is 0 Å². The summed E-state index contributed by atoms with van der Waals surface area (Å²) in [6.45, 7) is 4.97. The van der Waals surface area contributed by atoms with Gasteiger partial charge in [0.25, 0.3) is 5.91 Å². The molecule has 1 amide bonds. The number of amides is 1. The van der Waals surface area contributed by atoms with Crippen molar-refractivity contribution in [2.75, 3.05) is 29.9 Å². The van der Waals surface area contributed by atoms with Crippen LogP contribution < -0.4 is 10.6 Å². The number of rotatable bonds is 7. The maximum atomic E-state index is 11.9. The fourth-order valence-corrected chi connectivity index (χ4v) is 2.06. The molecule has 18 heavy (non-hydrogen) atoms. The second-order valence-electron chi connectivity index (χ2n) is 3.64. The predicted octanol–water partition coefficient (Wildman–Crippen LogP) is 1.01. The maximum Gasteiger partial charge on any atom is 0.253 e. The molecule has 0 bridgehead atoms. The monoisotopic (exact) mass is 269 g/mol. The lowest BCUT2D eigenvalue weighted by atomic mass is 10.2. The Morgan fingerprint density at radius 3 is 2.89 bits per heavy atom. The molecule has 2 N–H and O–H groups in total. The van der Waals surface area contributed by atoms with Gasteiger partial charge in [0.15, 0.2) is 0 Å².